The molecular weight excluding hydrogens is 465 g/mol. The van der Waals surface area contributed by atoms with Gasteiger partial charge in [-0.3, -0.25) is 4.79 Å². The first kappa shape index (κ1) is 21.0. The molecule has 30 heavy (non-hydrogen) atoms. The summed E-state index contributed by atoms with van der Waals surface area (Å²) in [5.41, 5.74) is 1.68. The van der Waals surface area contributed by atoms with Crippen molar-refractivity contribution in [3.8, 4) is 11.3 Å². The molecule has 0 aliphatic carbocycles. The van der Waals surface area contributed by atoms with Crippen LogP contribution in [0.4, 0.5) is 0 Å². The number of carbonyl (C=O) groups excluding carboxylic acids is 1. The molecule has 3 aromatic rings. The molecule has 1 aliphatic rings. The lowest BCUT2D eigenvalue weighted by Crippen LogP contribution is -2.25. The van der Waals surface area contributed by atoms with Crippen molar-refractivity contribution >= 4 is 63.9 Å². The van der Waals surface area contributed by atoms with E-state index in [0.29, 0.717) is 43.7 Å². The molecular formula is C21H14Cl3N3O2S. The van der Waals surface area contributed by atoms with Crippen LogP contribution in [-0.4, -0.2) is 22.5 Å². The lowest BCUT2D eigenvalue weighted by molar-refractivity contribution is -0.118. The fourth-order valence-corrected chi connectivity index (χ4v) is 4.42. The monoisotopic (exact) mass is 477 g/mol. The minimum absolute atomic E-state index is 0.107. The van der Waals surface area contributed by atoms with Crippen LogP contribution in [-0.2, 0) is 11.2 Å². The third-order valence-corrected chi connectivity index (χ3v) is 6.11. The molecule has 1 amide bonds. The zero-order valence-corrected chi connectivity index (χ0v) is 18.4. The number of amides is 1. The Morgan fingerprint density at radius 3 is 2.73 bits per heavy atom. The van der Waals surface area contributed by atoms with E-state index in [0.717, 1.165) is 5.56 Å². The molecule has 4 rings (SSSR count). The van der Waals surface area contributed by atoms with Gasteiger partial charge in [0.05, 0.1) is 16.5 Å². The van der Waals surface area contributed by atoms with E-state index in [-0.39, 0.29) is 11.2 Å². The number of benzene rings is 2. The van der Waals surface area contributed by atoms with E-state index in [1.165, 1.54) is 18.0 Å². The number of halogens is 3. The summed E-state index contributed by atoms with van der Waals surface area (Å²) in [6, 6.07) is 16.1. The fourth-order valence-electron chi connectivity index (χ4n) is 2.86. The van der Waals surface area contributed by atoms with Gasteiger partial charge in [-0.25, -0.2) is 0 Å². The summed E-state index contributed by atoms with van der Waals surface area (Å²) < 4.78 is 5.73. The van der Waals surface area contributed by atoms with Gasteiger partial charge < -0.3 is 9.73 Å². The molecule has 0 bridgehead atoms. The van der Waals surface area contributed by atoms with E-state index < -0.39 is 0 Å². The number of thioether (sulfide) groups is 1. The van der Waals surface area contributed by atoms with E-state index >= 15 is 0 Å². The first-order valence-corrected chi connectivity index (χ1v) is 10.9. The van der Waals surface area contributed by atoms with Crippen LogP contribution in [0.1, 0.15) is 11.3 Å². The minimum Gasteiger partial charge on any atom is -0.455 e. The highest BCUT2D eigenvalue weighted by molar-refractivity contribution is 8.15. The summed E-state index contributed by atoms with van der Waals surface area (Å²) in [5, 5.41) is 12.7. The van der Waals surface area contributed by atoms with Gasteiger partial charge in [-0.05, 0) is 54.4 Å². The molecule has 2 aromatic carbocycles. The lowest BCUT2D eigenvalue weighted by Gasteiger charge is -2.05. The molecule has 1 saturated heterocycles. The van der Waals surface area contributed by atoms with E-state index in [1.54, 1.807) is 36.4 Å². The minimum atomic E-state index is -0.280. The highest BCUT2D eigenvalue weighted by atomic mass is 35.5. The summed E-state index contributed by atoms with van der Waals surface area (Å²) >= 11 is 19.6. The third-order valence-electron chi connectivity index (χ3n) is 4.24. The Kier molecular flexibility index (Phi) is 6.49. The molecule has 0 radical (unpaired) electrons. The molecule has 1 N–H and O–H groups in total. The van der Waals surface area contributed by atoms with Crippen LogP contribution in [0, 0.1) is 0 Å². The first-order chi connectivity index (χ1) is 14.5. The number of rotatable bonds is 5. The van der Waals surface area contributed by atoms with Gasteiger partial charge >= 0.3 is 0 Å². The average molecular weight is 479 g/mol. The third kappa shape index (κ3) is 5.08. The lowest BCUT2D eigenvalue weighted by atomic mass is 10.1. The average Bonchev–Trinajstić information content (AvgIpc) is 3.31. The van der Waals surface area contributed by atoms with Crippen LogP contribution in [0.5, 0.6) is 0 Å². The summed E-state index contributed by atoms with van der Waals surface area (Å²) in [6.45, 7) is 0. The molecule has 1 aliphatic heterocycles. The summed E-state index contributed by atoms with van der Waals surface area (Å²) in [7, 11) is 0. The normalized spacial score (nSPS) is 17.8. The highest BCUT2D eigenvalue weighted by Gasteiger charge is 2.30. The van der Waals surface area contributed by atoms with Crippen molar-refractivity contribution in [1.82, 2.24) is 5.32 Å². The molecule has 2 heterocycles. The quantitative estimate of drug-likeness (QED) is 0.357. The largest absolute Gasteiger partial charge is 0.455 e. The Labute approximate surface area is 192 Å². The zero-order valence-electron chi connectivity index (χ0n) is 15.3. The van der Waals surface area contributed by atoms with E-state index in [2.05, 4.69) is 15.5 Å². The van der Waals surface area contributed by atoms with Gasteiger partial charge in [-0.2, -0.15) is 5.10 Å². The molecule has 5 nitrogen and oxygen atoms in total. The molecule has 1 atom stereocenters. The van der Waals surface area contributed by atoms with Crippen LogP contribution >= 0.6 is 46.6 Å². The highest BCUT2D eigenvalue weighted by Crippen LogP contribution is 2.31. The van der Waals surface area contributed by atoms with Gasteiger partial charge in [-0.1, -0.05) is 58.7 Å². The van der Waals surface area contributed by atoms with Crippen LogP contribution < -0.4 is 5.32 Å². The van der Waals surface area contributed by atoms with Crippen molar-refractivity contribution in [2.24, 2.45) is 10.2 Å². The predicted octanol–water partition coefficient (Wildman–Crippen LogP) is 6.07. The predicted molar refractivity (Wildman–Crippen MR) is 124 cm³/mol. The topological polar surface area (TPSA) is 67.0 Å². The van der Waals surface area contributed by atoms with Crippen LogP contribution in [0.25, 0.3) is 11.3 Å². The Morgan fingerprint density at radius 1 is 1.07 bits per heavy atom. The van der Waals surface area contributed by atoms with Gasteiger partial charge in [0.1, 0.15) is 11.5 Å². The van der Waals surface area contributed by atoms with Crippen LogP contribution in [0.2, 0.25) is 15.1 Å². The van der Waals surface area contributed by atoms with Crippen LogP contribution in [0.3, 0.4) is 0 Å². The standard InChI is InChI=1S/C21H14Cl3N3O2S/c22-13-3-1-2-12(8-13)9-19-20(28)26-21(30-19)27-25-11-15-5-7-18(29-15)16-10-14(23)4-6-17(16)24/h1-8,10-11,19H,9H2,(H,26,27,28)/b25-11-/t19-/m0/s1. The fraction of sp³-hybridized carbons (Fsp3) is 0.0952. The Balaban J connectivity index is 1.41. The Morgan fingerprint density at radius 2 is 1.90 bits per heavy atom. The summed E-state index contributed by atoms with van der Waals surface area (Å²) in [5.74, 6) is 0.960. The zero-order chi connectivity index (χ0) is 21.1. The van der Waals surface area contributed by atoms with Gasteiger partial charge in [0, 0.05) is 15.6 Å². The molecule has 0 unspecified atom stereocenters. The smallest absolute Gasteiger partial charge is 0.239 e. The maximum Gasteiger partial charge on any atom is 0.239 e. The Bertz CT molecular complexity index is 1160. The number of furan rings is 1. The summed E-state index contributed by atoms with van der Waals surface area (Å²) in [6.07, 6.45) is 2.02. The van der Waals surface area contributed by atoms with Crippen LogP contribution in [0.15, 0.2) is 69.2 Å². The number of nitrogens with one attached hydrogen (secondary N) is 1. The van der Waals surface area contributed by atoms with E-state index in [9.17, 15) is 4.79 Å². The summed E-state index contributed by atoms with van der Waals surface area (Å²) in [4.78, 5) is 12.2. The van der Waals surface area contributed by atoms with Gasteiger partial charge in [0.25, 0.3) is 0 Å². The molecule has 0 saturated carbocycles. The molecule has 1 fully saturated rings. The van der Waals surface area contributed by atoms with Gasteiger partial charge in [-0.15, -0.1) is 5.10 Å². The molecule has 9 heteroatoms. The number of carbonyl (C=O) groups is 1. The molecule has 152 valence electrons. The van der Waals surface area contributed by atoms with Crippen molar-refractivity contribution in [3.05, 3.63) is 81.0 Å². The Hall–Kier alpha value is -2.25. The second kappa shape index (κ2) is 9.27. The first-order valence-electron chi connectivity index (χ1n) is 8.86. The van der Waals surface area contributed by atoms with E-state index in [4.69, 9.17) is 39.2 Å². The van der Waals surface area contributed by atoms with Gasteiger partial charge in [0.2, 0.25) is 5.91 Å². The van der Waals surface area contributed by atoms with Crippen molar-refractivity contribution in [2.45, 2.75) is 11.7 Å². The molecule has 0 spiro atoms. The maximum absolute atomic E-state index is 12.2. The molecule has 1 aromatic heterocycles. The van der Waals surface area contributed by atoms with Crippen molar-refractivity contribution in [3.63, 3.8) is 0 Å². The van der Waals surface area contributed by atoms with E-state index in [1.807, 2.05) is 18.2 Å². The number of amidine groups is 1. The number of hydrogen-bond donors (Lipinski definition) is 1. The maximum atomic E-state index is 12.2. The number of hydrogen-bond acceptors (Lipinski definition) is 5. The van der Waals surface area contributed by atoms with Crippen molar-refractivity contribution in [2.75, 3.05) is 0 Å². The van der Waals surface area contributed by atoms with Crippen molar-refractivity contribution in [1.29, 1.82) is 0 Å². The van der Waals surface area contributed by atoms with Gasteiger partial charge in [0.15, 0.2) is 5.17 Å². The number of nitrogens with zero attached hydrogens (tertiary/aromatic N) is 2. The SMILES string of the molecule is O=C1N/C(=N/N=C\c2ccc(-c3cc(Cl)ccc3Cl)o2)S[C@H]1Cc1cccc(Cl)c1. The second-order valence-corrected chi connectivity index (χ2v) is 8.88. The van der Waals surface area contributed by atoms with Crippen molar-refractivity contribution < 1.29 is 9.21 Å². The second-order valence-electron chi connectivity index (χ2n) is 6.41.